The minimum atomic E-state index is -0.284. The van der Waals surface area contributed by atoms with Crippen molar-refractivity contribution in [3.8, 4) is 0 Å². The average molecular weight is 423 g/mol. The number of carbonyl (C=O) groups excluding carboxylic acids is 1. The normalized spacial score (nSPS) is 19.2. The third-order valence-corrected chi connectivity index (χ3v) is 5.27. The van der Waals surface area contributed by atoms with Crippen LogP contribution in [-0.4, -0.2) is 43.1 Å². The third kappa shape index (κ3) is 5.11. The van der Waals surface area contributed by atoms with Gasteiger partial charge in [-0.05, 0) is 58.6 Å². The summed E-state index contributed by atoms with van der Waals surface area (Å²) < 4.78 is 1.60. The third-order valence-electron chi connectivity index (χ3n) is 5.27. The van der Waals surface area contributed by atoms with Crippen molar-refractivity contribution < 1.29 is 4.79 Å². The minimum Gasteiger partial charge on any atom is -0.377 e. The maximum Gasteiger partial charge on any atom is 0.276 e. The number of rotatable bonds is 5. The Morgan fingerprint density at radius 2 is 1.87 bits per heavy atom. The lowest BCUT2D eigenvalue weighted by atomic mass is 9.92. The van der Waals surface area contributed by atoms with Crippen molar-refractivity contribution in [3.63, 3.8) is 0 Å². The SMILES string of the molecule is CC(C)(C)Nc1cc(N[C@H]2CC[C@H](N)CC2)nn2c(C(=O)Nc3ccncc3)cnc12. The van der Waals surface area contributed by atoms with E-state index in [1.54, 1.807) is 35.2 Å². The zero-order chi connectivity index (χ0) is 22.0. The van der Waals surface area contributed by atoms with Gasteiger partial charge in [0, 0.05) is 41.8 Å². The molecular formula is C22H30N8O. The van der Waals surface area contributed by atoms with Crippen molar-refractivity contribution >= 4 is 28.7 Å². The molecule has 3 aromatic rings. The van der Waals surface area contributed by atoms with Gasteiger partial charge in [-0.25, -0.2) is 9.50 Å². The average Bonchev–Trinajstić information content (AvgIpc) is 3.14. The summed E-state index contributed by atoms with van der Waals surface area (Å²) in [5.41, 5.74) is 8.31. The molecule has 0 spiro atoms. The highest BCUT2D eigenvalue weighted by atomic mass is 16.2. The second-order valence-corrected chi connectivity index (χ2v) is 9.14. The van der Waals surface area contributed by atoms with Gasteiger partial charge in [0.25, 0.3) is 5.91 Å². The van der Waals surface area contributed by atoms with E-state index in [0.717, 1.165) is 31.4 Å². The summed E-state index contributed by atoms with van der Waals surface area (Å²) >= 11 is 0. The van der Waals surface area contributed by atoms with E-state index in [2.05, 4.69) is 46.7 Å². The van der Waals surface area contributed by atoms with E-state index < -0.39 is 0 Å². The number of aromatic nitrogens is 4. The van der Waals surface area contributed by atoms with Gasteiger partial charge in [-0.1, -0.05) is 0 Å². The zero-order valence-electron chi connectivity index (χ0n) is 18.2. The van der Waals surface area contributed by atoms with Crippen LogP contribution in [0.5, 0.6) is 0 Å². The monoisotopic (exact) mass is 422 g/mol. The minimum absolute atomic E-state index is 0.178. The zero-order valence-corrected chi connectivity index (χ0v) is 18.2. The molecule has 5 N–H and O–H groups in total. The number of pyridine rings is 1. The number of anilines is 3. The highest BCUT2D eigenvalue weighted by Gasteiger charge is 2.22. The Kier molecular flexibility index (Phi) is 5.77. The van der Waals surface area contributed by atoms with Crippen molar-refractivity contribution in [3.05, 3.63) is 42.5 Å². The quantitative estimate of drug-likeness (QED) is 0.498. The van der Waals surface area contributed by atoms with E-state index in [1.165, 1.54) is 0 Å². The number of nitrogens with two attached hydrogens (primary N) is 1. The van der Waals surface area contributed by atoms with E-state index in [1.807, 2.05) is 6.07 Å². The number of carbonyl (C=O) groups is 1. The van der Waals surface area contributed by atoms with Gasteiger partial charge in [-0.15, -0.1) is 5.10 Å². The lowest BCUT2D eigenvalue weighted by molar-refractivity contribution is 0.102. The molecule has 0 aliphatic heterocycles. The molecule has 3 heterocycles. The topological polar surface area (TPSA) is 122 Å². The highest BCUT2D eigenvalue weighted by molar-refractivity contribution is 6.03. The Labute approximate surface area is 181 Å². The van der Waals surface area contributed by atoms with Gasteiger partial charge in [-0.2, -0.15) is 0 Å². The summed E-state index contributed by atoms with van der Waals surface area (Å²) in [5.74, 6) is 0.421. The van der Waals surface area contributed by atoms with Crippen molar-refractivity contribution in [1.29, 1.82) is 0 Å². The molecule has 1 amide bonds. The largest absolute Gasteiger partial charge is 0.377 e. The fourth-order valence-corrected chi connectivity index (χ4v) is 3.79. The van der Waals surface area contributed by atoms with Gasteiger partial charge in [0.1, 0.15) is 5.82 Å². The molecule has 0 unspecified atom stereocenters. The molecule has 0 radical (unpaired) electrons. The van der Waals surface area contributed by atoms with Gasteiger partial charge in [-0.3, -0.25) is 9.78 Å². The highest BCUT2D eigenvalue weighted by Crippen LogP contribution is 2.26. The molecule has 9 nitrogen and oxygen atoms in total. The van der Waals surface area contributed by atoms with Crippen LogP contribution >= 0.6 is 0 Å². The lowest BCUT2D eigenvalue weighted by Gasteiger charge is -2.28. The Morgan fingerprint density at radius 3 is 2.55 bits per heavy atom. The van der Waals surface area contributed by atoms with Crippen LogP contribution in [0.15, 0.2) is 36.8 Å². The van der Waals surface area contributed by atoms with Crippen LogP contribution in [0.3, 0.4) is 0 Å². The number of nitrogens with zero attached hydrogens (tertiary/aromatic N) is 4. The number of fused-ring (bicyclic) bond motifs is 1. The van der Waals surface area contributed by atoms with Crippen molar-refractivity contribution in [2.75, 3.05) is 16.0 Å². The van der Waals surface area contributed by atoms with E-state index in [4.69, 9.17) is 10.8 Å². The second-order valence-electron chi connectivity index (χ2n) is 9.14. The smallest absolute Gasteiger partial charge is 0.276 e. The Hall–Kier alpha value is -3.20. The first-order valence-corrected chi connectivity index (χ1v) is 10.7. The van der Waals surface area contributed by atoms with E-state index >= 15 is 0 Å². The molecule has 164 valence electrons. The number of hydrogen-bond acceptors (Lipinski definition) is 7. The maximum atomic E-state index is 12.9. The first-order chi connectivity index (χ1) is 14.8. The van der Waals surface area contributed by atoms with Gasteiger partial charge >= 0.3 is 0 Å². The Bertz CT molecular complexity index is 1050. The van der Waals surface area contributed by atoms with Crippen LogP contribution in [0.4, 0.5) is 17.2 Å². The molecule has 0 atom stereocenters. The van der Waals surface area contributed by atoms with Gasteiger partial charge < -0.3 is 21.7 Å². The van der Waals surface area contributed by atoms with Gasteiger partial charge in [0.15, 0.2) is 11.3 Å². The van der Waals surface area contributed by atoms with Crippen molar-refractivity contribution in [2.24, 2.45) is 5.73 Å². The van der Waals surface area contributed by atoms with Crippen molar-refractivity contribution in [1.82, 2.24) is 19.6 Å². The lowest BCUT2D eigenvalue weighted by Crippen LogP contribution is -2.33. The first-order valence-electron chi connectivity index (χ1n) is 10.7. The summed E-state index contributed by atoms with van der Waals surface area (Å²) in [6.45, 7) is 6.25. The summed E-state index contributed by atoms with van der Waals surface area (Å²) in [6.07, 6.45) is 8.81. The predicted octanol–water partition coefficient (Wildman–Crippen LogP) is 3.27. The molecule has 0 aromatic carbocycles. The molecular weight excluding hydrogens is 392 g/mol. The van der Waals surface area contributed by atoms with Crippen LogP contribution in [0.25, 0.3) is 5.65 Å². The number of imidazole rings is 1. The summed E-state index contributed by atoms with van der Waals surface area (Å²) in [4.78, 5) is 21.4. The summed E-state index contributed by atoms with van der Waals surface area (Å²) in [5, 5.41) is 14.6. The van der Waals surface area contributed by atoms with E-state index in [-0.39, 0.29) is 17.5 Å². The molecule has 1 fully saturated rings. The fraction of sp³-hybridized carbons (Fsp3) is 0.455. The molecule has 9 heteroatoms. The number of hydrogen-bond donors (Lipinski definition) is 4. The van der Waals surface area contributed by atoms with E-state index in [9.17, 15) is 4.79 Å². The Balaban J connectivity index is 1.67. The fourth-order valence-electron chi connectivity index (χ4n) is 3.79. The summed E-state index contributed by atoms with van der Waals surface area (Å²) in [7, 11) is 0. The standard InChI is InChI=1S/C22H30N8O/c1-22(2,3)28-17-12-19(26-15-6-4-14(23)5-7-15)29-30-18(13-25-20(17)30)21(31)27-16-8-10-24-11-9-16/h8-15,28H,4-7,23H2,1-3H3,(H,26,29)(H,24,27,31)/t14-,15-. The van der Waals surface area contributed by atoms with Crippen molar-refractivity contribution in [2.45, 2.75) is 64.1 Å². The molecule has 31 heavy (non-hydrogen) atoms. The van der Waals surface area contributed by atoms with Crippen LogP contribution in [-0.2, 0) is 0 Å². The molecule has 3 aromatic heterocycles. The molecule has 0 saturated heterocycles. The number of amides is 1. The van der Waals surface area contributed by atoms with E-state index in [0.29, 0.717) is 28.9 Å². The predicted molar refractivity (Wildman–Crippen MR) is 122 cm³/mol. The van der Waals surface area contributed by atoms with Crippen LogP contribution < -0.4 is 21.7 Å². The molecule has 4 rings (SSSR count). The van der Waals surface area contributed by atoms with Gasteiger partial charge in [0.2, 0.25) is 0 Å². The van der Waals surface area contributed by atoms with Crippen LogP contribution in [0, 0.1) is 0 Å². The number of nitrogens with one attached hydrogen (secondary N) is 3. The summed E-state index contributed by atoms with van der Waals surface area (Å²) in [6, 6.07) is 6.03. The van der Waals surface area contributed by atoms with Crippen LogP contribution in [0.1, 0.15) is 56.9 Å². The molecule has 1 saturated carbocycles. The molecule has 1 aliphatic rings. The first kappa shape index (κ1) is 21.0. The second kappa shape index (κ2) is 8.50. The Morgan fingerprint density at radius 1 is 1.16 bits per heavy atom. The molecule has 0 bridgehead atoms. The molecule has 1 aliphatic carbocycles. The maximum absolute atomic E-state index is 12.9. The van der Waals surface area contributed by atoms with Crippen LogP contribution in [0.2, 0.25) is 0 Å². The van der Waals surface area contributed by atoms with Gasteiger partial charge in [0.05, 0.1) is 11.9 Å².